The van der Waals surface area contributed by atoms with E-state index < -0.39 is 0 Å². The van der Waals surface area contributed by atoms with Crippen molar-refractivity contribution < 1.29 is 19.4 Å². The summed E-state index contributed by atoms with van der Waals surface area (Å²) in [5.41, 5.74) is 10.3. The number of benzene rings is 1. The van der Waals surface area contributed by atoms with Crippen LogP contribution in [0.15, 0.2) is 36.7 Å². The minimum atomic E-state index is -0.250. The first-order valence-corrected chi connectivity index (χ1v) is 10.6. The number of methoxy groups -OCH3 is 1. The van der Waals surface area contributed by atoms with E-state index >= 15 is 0 Å². The number of hydrogen-bond acceptors (Lipinski definition) is 9. The van der Waals surface area contributed by atoms with Gasteiger partial charge < -0.3 is 25.6 Å². The molecule has 0 aliphatic carbocycles. The SMILES string of the molecule is COc1ccc(-c2nc(N)c(C#N)c(-c3cnc(NCC4CCCO4)nc3)c2C)cc1.O=CO. The molecule has 4 N–H and O–H groups in total. The van der Waals surface area contributed by atoms with Crippen molar-refractivity contribution in [3.05, 3.63) is 47.8 Å². The molecule has 4 rings (SSSR count). The first kappa shape index (κ1) is 24.4. The highest BCUT2D eigenvalue weighted by atomic mass is 16.5. The quantitative estimate of drug-likeness (QED) is 0.464. The van der Waals surface area contributed by atoms with Gasteiger partial charge in [-0.15, -0.1) is 0 Å². The molecule has 1 aliphatic rings. The third kappa shape index (κ3) is 5.57. The highest BCUT2D eigenvalue weighted by Gasteiger charge is 2.19. The van der Waals surface area contributed by atoms with Crippen molar-refractivity contribution in [1.82, 2.24) is 15.0 Å². The number of anilines is 2. The summed E-state index contributed by atoms with van der Waals surface area (Å²) in [5, 5.41) is 19.8. The third-order valence-corrected chi connectivity index (χ3v) is 5.40. The van der Waals surface area contributed by atoms with Crippen LogP contribution in [-0.4, -0.2) is 52.9 Å². The minimum absolute atomic E-state index is 0.175. The number of aromatic nitrogens is 3. The van der Waals surface area contributed by atoms with Gasteiger partial charge in [-0.1, -0.05) is 0 Å². The smallest absolute Gasteiger partial charge is 0.290 e. The first-order chi connectivity index (χ1) is 16.5. The van der Waals surface area contributed by atoms with Crippen molar-refractivity contribution in [2.45, 2.75) is 25.9 Å². The van der Waals surface area contributed by atoms with E-state index in [-0.39, 0.29) is 18.4 Å². The Kier molecular flexibility index (Phi) is 8.32. The Hall–Kier alpha value is -4.23. The second-order valence-corrected chi connectivity index (χ2v) is 7.48. The molecule has 1 fully saturated rings. The van der Waals surface area contributed by atoms with Crippen LogP contribution < -0.4 is 15.8 Å². The molecule has 34 heavy (non-hydrogen) atoms. The van der Waals surface area contributed by atoms with Gasteiger partial charge in [0.25, 0.3) is 6.47 Å². The summed E-state index contributed by atoms with van der Waals surface area (Å²) in [6.07, 6.45) is 5.72. The Morgan fingerprint density at radius 2 is 1.97 bits per heavy atom. The minimum Gasteiger partial charge on any atom is -0.497 e. The summed E-state index contributed by atoms with van der Waals surface area (Å²) in [4.78, 5) is 21.7. The zero-order valence-corrected chi connectivity index (χ0v) is 19.0. The zero-order valence-electron chi connectivity index (χ0n) is 19.0. The fourth-order valence-electron chi connectivity index (χ4n) is 3.76. The van der Waals surface area contributed by atoms with Gasteiger partial charge in [0.2, 0.25) is 5.95 Å². The van der Waals surface area contributed by atoms with Crippen molar-refractivity contribution in [3.63, 3.8) is 0 Å². The lowest BCUT2D eigenvalue weighted by atomic mass is 9.94. The molecule has 1 aliphatic heterocycles. The van der Waals surface area contributed by atoms with Crippen molar-refractivity contribution in [3.8, 4) is 34.2 Å². The summed E-state index contributed by atoms with van der Waals surface area (Å²) < 4.78 is 10.8. The monoisotopic (exact) mass is 462 g/mol. The number of hydrogen-bond donors (Lipinski definition) is 3. The van der Waals surface area contributed by atoms with Gasteiger partial charge in [-0.2, -0.15) is 5.26 Å². The predicted molar refractivity (Wildman–Crippen MR) is 127 cm³/mol. The number of nitrogens with zero attached hydrogens (tertiary/aromatic N) is 4. The number of carboxylic acid groups (broad SMARTS) is 1. The number of carbonyl (C=O) groups is 1. The highest BCUT2D eigenvalue weighted by molar-refractivity contribution is 5.83. The van der Waals surface area contributed by atoms with E-state index in [1.165, 1.54) is 0 Å². The third-order valence-electron chi connectivity index (χ3n) is 5.40. The van der Waals surface area contributed by atoms with Gasteiger partial charge in [-0.05, 0) is 49.6 Å². The van der Waals surface area contributed by atoms with Crippen LogP contribution in [-0.2, 0) is 9.53 Å². The largest absolute Gasteiger partial charge is 0.497 e. The van der Waals surface area contributed by atoms with Crippen LogP contribution in [0.3, 0.4) is 0 Å². The number of pyridine rings is 1. The Morgan fingerprint density at radius 3 is 2.53 bits per heavy atom. The molecule has 1 unspecified atom stereocenters. The fourth-order valence-corrected chi connectivity index (χ4v) is 3.76. The van der Waals surface area contributed by atoms with Crippen molar-refractivity contribution in [2.24, 2.45) is 0 Å². The Bertz CT molecular complexity index is 1150. The number of rotatable bonds is 6. The molecule has 176 valence electrons. The van der Waals surface area contributed by atoms with Gasteiger partial charge in [-0.3, -0.25) is 4.79 Å². The van der Waals surface area contributed by atoms with Crippen LogP contribution in [0.25, 0.3) is 22.4 Å². The van der Waals surface area contributed by atoms with Crippen LogP contribution in [0.1, 0.15) is 24.0 Å². The van der Waals surface area contributed by atoms with Crippen LogP contribution in [0.2, 0.25) is 0 Å². The van der Waals surface area contributed by atoms with E-state index in [1.54, 1.807) is 19.5 Å². The average Bonchev–Trinajstić information content (AvgIpc) is 3.38. The number of nitrogen functional groups attached to an aromatic ring is 1. The molecule has 0 spiro atoms. The topological polar surface area (TPSA) is 156 Å². The second-order valence-electron chi connectivity index (χ2n) is 7.48. The van der Waals surface area contributed by atoms with Crippen LogP contribution in [0, 0.1) is 18.3 Å². The molecule has 1 aromatic carbocycles. The van der Waals surface area contributed by atoms with Gasteiger partial charge >= 0.3 is 0 Å². The first-order valence-electron chi connectivity index (χ1n) is 10.6. The van der Waals surface area contributed by atoms with Gasteiger partial charge in [0, 0.05) is 42.2 Å². The Labute approximate surface area is 197 Å². The molecular formula is C24H26N6O4. The van der Waals surface area contributed by atoms with Gasteiger partial charge in [0.05, 0.1) is 18.9 Å². The molecule has 0 bridgehead atoms. The predicted octanol–water partition coefficient (Wildman–Crippen LogP) is 3.27. The molecule has 1 atom stereocenters. The molecule has 0 saturated carbocycles. The fraction of sp³-hybridized carbons (Fsp3) is 0.292. The van der Waals surface area contributed by atoms with E-state index in [1.807, 2.05) is 31.2 Å². The summed E-state index contributed by atoms with van der Waals surface area (Å²) in [5.74, 6) is 1.45. The molecule has 0 amide bonds. The highest BCUT2D eigenvalue weighted by Crippen LogP contribution is 2.35. The lowest BCUT2D eigenvalue weighted by molar-refractivity contribution is -0.122. The van der Waals surface area contributed by atoms with E-state index in [4.69, 9.17) is 25.1 Å². The average molecular weight is 463 g/mol. The number of nitrogens with two attached hydrogens (primary N) is 1. The van der Waals surface area contributed by atoms with E-state index in [9.17, 15) is 5.26 Å². The Morgan fingerprint density at radius 1 is 1.29 bits per heavy atom. The van der Waals surface area contributed by atoms with E-state index in [0.717, 1.165) is 36.3 Å². The van der Waals surface area contributed by atoms with Gasteiger partial charge in [0.15, 0.2) is 0 Å². The number of nitriles is 1. The van der Waals surface area contributed by atoms with E-state index in [0.29, 0.717) is 34.9 Å². The second kappa shape index (κ2) is 11.6. The molecule has 1 saturated heterocycles. The summed E-state index contributed by atoms with van der Waals surface area (Å²) >= 11 is 0. The lowest BCUT2D eigenvalue weighted by Crippen LogP contribution is -2.19. The van der Waals surface area contributed by atoms with Crippen LogP contribution in [0.5, 0.6) is 5.75 Å². The van der Waals surface area contributed by atoms with E-state index in [2.05, 4.69) is 26.3 Å². The summed E-state index contributed by atoms with van der Waals surface area (Å²) in [6.45, 7) is 3.15. The van der Waals surface area contributed by atoms with Gasteiger partial charge in [-0.25, -0.2) is 15.0 Å². The molecule has 2 aromatic heterocycles. The molecule has 0 radical (unpaired) electrons. The van der Waals surface area contributed by atoms with Crippen LogP contribution in [0.4, 0.5) is 11.8 Å². The molecule has 10 heteroatoms. The Balaban J connectivity index is 0.00000103. The molecule has 3 aromatic rings. The standard InChI is InChI=1S/C23H24N6O2.CH2O2/c1-14-20(16-11-26-23(27-12-16)28-13-18-4-3-9-31-18)19(10-24)22(25)29-21(14)15-5-7-17(30-2)8-6-15;2-1-3/h5-8,11-12,18H,3-4,9,13H2,1-2H3,(H2,25,29)(H,26,27,28);1H,(H,2,3). The summed E-state index contributed by atoms with van der Waals surface area (Å²) in [6, 6.07) is 9.74. The van der Waals surface area contributed by atoms with Crippen molar-refractivity contribution in [1.29, 1.82) is 5.26 Å². The van der Waals surface area contributed by atoms with Gasteiger partial charge in [0.1, 0.15) is 23.2 Å². The normalized spacial score (nSPS) is 14.4. The molecule has 3 heterocycles. The maximum atomic E-state index is 9.72. The maximum absolute atomic E-state index is 9.72. The van der Waals surface area contributed by atoms with Crippen LogP contribution >= 0.6 is 0 Å². The van der Waals surface area contributed by atoms with Crippen molar-refractivity contribution >= 4 is 18.2 Å². The maximum Gasteiger partial charge on any atom is 0.290 e. The summed E-state index contributed by atoms with van der Waals surface area (Å²) in [7, 11) is 1.62. The lowest BCUT2D eigenvalue weighted by Gasteiger charge is -2.15. The molecular weight excluding hydrogens is 436 g/mol. The van der Waals surface area contributed by atoms with Crippen molar-refractivity contribution in [2.75, 3.05) is 31.3 Å². The number of nitrogens with one attached hydrogen (secondary N) is 1. The zero-order chi connectivity index (χ0) is 24.5. The molecule has 10 nitrogen and oxygen atoms in total. The number of ether oxygens (including phenoxy) is 2.